The third kappa shape index (κ3) is 5.30. The number of carboxylic acid groups (broad SMARTS) is 1. The van der Waals surface area contributed by atoms with Crippen molar-refractivity contribution in [2.75, 3.05) is 24.6 Å². The van der Waals surface area contributed by atoms with E-state index in [1.165, 1.54) is 0 Å². The number of carboxylic acids is 1. The summed E-state index contributed by atoms with van der Waals surface area (Å²) in [7, 11) is 0. The Morgan fingerprint density at radius 3 is 2.71 bits per heavy atom. The SMILES string of the molecule is O=C(O)c1ccc2nc(CC3CCN(c4cccc(OCc5ccc(Cl)c6ccoc56)n4)CC3)n(C[C@@H]3CCO3)c2c1. The minimum atomic E-state index is -0.929. The molecule has 2 aliphatic heterocycles. The highest BCUT2D eigenvalue weighted by Gasteiger charge is 2.26. The molecule has 216 valence electrons. The number of pyridine rings is 1. The Balaban J connectivity index is 1.01. The van der Waals surface area contributed by atoms with Crippen LogP contribution >= 0.6 is 11.6 Å². The number of hydrogen-bond donors (Lipinski definition) is 1. The van der Waals surface area contributed by atoms with Crippen molar-refractivity contribution in [3.63, 3.8) is 0 Å². The summed E-state index contributed by atoms with van der Waals surface area (Å²) in [5.41, 5.74) is 3.63. The van der Waals surface area contributed by atoms with Crippen molar-refractivity contribution >= 4 is 45.4 Å². The summed E-state index contributed by atoms with van der Waals surface area (Å²) in [6.07, 6.45) is 5.67. The van der Waals surface area contributed by atoms with E-state index in [4.69, 9.17) is 35.5 Å². The van der Waals surface area contributed by atoms with Gasteiger partial charge in [0.05, 0.1) is 40.5 Å². The van der Waals surface area contributed by atoms with E-state index in [0.717, 1.165) is 84.6 Å². The maximum absolute atomic E-state index is 11.6. The van der Waals surface area contributed by atoms with Gasteiger partial charge in [-0.2, -0.15) is 4.98 Å². The molecule has 0 unspecified atom stereocenters. The number of anilines is 1. The number of hydrogen-bond acceptors (Lipinski definition) is 7. The molecule has 2 fully saturated rings. The van der Waals surface area contributed by atoms with E-state index in [2.05, 4.69) is 9.47 Å². The average Bonchev–Trinajstić information content (AvgIpc) is 3.61. The molecular weight excluding hydrogens is 556 g/mol. The number of rotatable bonds is 9. The summed E-state index contributed by atoms with van der Waals surface area (Å²) in [6, 6.07) is 16.7. The molecule has 2 aromatic carbocycles. The van der Waals surface area contributed by atoms with Gasteiger partial charge in [-0.3, -0.25) is 0 Å². The number of imidazole rings is 1. The van der Waals surface area contributed by atoms with Gasteiger partial charge in [-0.1, -0.05) is 23.7 Å². The predicted octanol–water partition coefficient (Wildman–Crippen LogP) is 6.36. The Bertz CT molecular complexity index is 1750. The van der Waals surface area contributed by atoms with Gasteiger partial charge in [-0.25, -0.2) is 9.78 Å². The lowest BCUT2D eigenvalue weighted by Crippen LogP contribution is -2.35. The van der Waals surface area contributed by atoms with E-state index in [0.29, 0.717) is 30.0 Å². The monoisotopic (exact) mass is 586 g/mol. The second-order valence-electron chi connectivity index (χ2n) is 11.1. The van der Waals surface area contributed by atoms with E-state index in [9.17, 15) is 9.90 Å². The number of carbonyl (C=O) groups is 1. The first kappa shape index (κ1) is 26.8. The molecule has 1 atom stereocenters. The van der Waals surface area contributed by atoms with Crippen LogP contribution in [0.2, 0.25) is 5.02 Å². The van der Waals surface area contributed by atoms with Crippen molar-refractivity contribution < 1.29 is 23.8 Å². The first-order chi connectivity index (χ1) is 20.5. The number of aromatic carboxylic acids is 1. The van der Waals surface area contributed by atoms with Crippen molar-refractivity contribution in [1.29, 1.82) is 0 Å². The van der Waals surface area contributed by atoms with Crippen molar-refractivity contribution in [3.05, 3.63) is 82.8 Å². The molecule has 0 aliphatic carbocycles. The first-order valence-electron chi connectivity index (χ1n) is 14.4. The molecule has 42 heavy (non-hydrogen) atoms. The Morgan fingerprint density at radius 2 is 1.93 bits per heavy atom. The second-order valence-corrected chi connectivity index (χ2v) is 11.5. The zero-order valence-corrected chi connectivity index (χ0v) is 23.8. The Kier molecular flexibility index (Phi) is 7.21. The van der Waals surface area contributed by atoms with Crippen LogP contribution in [0.3, 0.4) is 0 Å². The predicted molar refractivity (Wildman–Crippen MR) is 159 cm³/mol. The maximum atomic E-state index is 11.6. The van der Waals surface area contributed by atoms with Gasteiger partial charge in [-0.15, -0.1) is 0 Å². The van der Waals surface area contributed by atoms with Gasteiger partial charge in [-0.05, 0) is 61.6 Å². The van der Waals surface area contributed by atoms with Crippen LogP contribution in [0.4, 0.5) is 5.82 Å². The van der Waals surface area contributed by atoms with Gasteiger partial charge >= 0.3 is 5.97 Å². The third-order valence-electron chi connectivity index (χ3n) is 8.39. The molecule has 2 aliphatic rings. The summed E-state index contributed by atoms with van der Waals surface area (Å²) in [6.45, 7) is 3.59. The molecule has 2 saturated heterocycles. The molecule has 0 bridgehead atoms. The van der Waals surface area contributed by atoms with Gasteiger partial charge < -0.3 is 28.5 Å². The van der Waals surface area contributed by atoms with Crippen LogP contribution in [-0.2, 0) is 24.3 Å². The van der Waals surface area contributed by atoms with E-state index < -0.39 is 5.97 Å². The lowest BCUT2D eigenvalue weighted by atomic mass is 9.93. The number of aromatic nitrogens is 3. The van der Waals surface area contributed by atoms with Crippen LogP contribution in [0.5, 0.6) is 5.88 Å². The van der Waals surface area contributed by atoms with E-state index in [1.807, 2.05) is 42.5 Å². The van der Waals surface area contributed by atoms with Gasteiger partial charge in [0.1, 0.15) is 23.8 Å². The highest BCUT2D eigenvalue weighted by molar-refractivity contribution is 6.35. The number of fused-ring (bicyclic) bond motifs is 2. The summed E-state index contributed by atoms with van der Waals surface area (Å²) in [5.74, 6) is 2.01. The molecule has 5 aromatic rings. The average molecular weight is 587 g/mol. The van der Waals surface area contributed by atoms with Gasteiger partial charge in [0.15, 0.2) is 0 Å². The fraction of sp³-hybridized carbons (Fsp3) is 0.344. The molecule has 10 heteroatoms. The minimum absolute atomic E-state index is 0.154. The Labute approximate surface area is 247 Å². The number of halogens is 1. The number of benzene rings is 2. The summed E-state index contributed by atoms with van der Waals surface area (Å²) in [5, 5.41) is 11.0. The largest absolute Gasteiger partial charge is 0.478 e. The molecule has 0 saturated carbocycles. The molecule has 0 spiro atoms. The van der Waals surface area contributed by atoms with Crippen LogP contribution in [-0.4, -0.2) is 51.4 Å². The lowest BCUT2D eigenvalue weighted by Gasteiger charge is -2.33. The summed E-state index contributed by atoms with van der Waals surface area (Å²) < 4.78 is 19.6. The quantitative estimate of drug-likeness (QED) is 0.213. The summed E-state index contributed by atoms with van der Waals surface area (Å²) >= 11 is 6.27. The fourth-order valence-corrected chi connectivity index (χ4v) is 6.14. The number of furan rings is 1. The number of ether oxygens (including phenoxy) is 2. The van der Waals surface area contributed by atoms with E-state index in [-0.39, 0.29) is 11.7 Å². The van der Waals surface area contributed by atoms with Crippen LogP contribution in [0, 0.1) is 5.92 Å². The van der Waals surface area contributed by atoms with Crippen molar-refractivity contribution in [1.82, 2.24) is 14.5 Å². The molecule has 9 nitrogen and oxygen atoms in total. The Morgan fingerprint density at radius 1 is 1.07 bits per heavy atom. The standard InChI is InChI=1S/C32H31ClN4O5/c33-25-6-4-22(31-24(25)11-15-41-31)19-42-30-3-1-2-28(35-30)36-12-8-20(9-13-36)16-29-34-26-7-5-21(32(38)39)17-27(26)37(29)18-23-10-14-40-23/h1-7,11,15,17,20,23H,8-10,12-14,16,18-19H2,(H,38,39)/t23-/m0/s1. The molecule has 7 rings (SSSR count). The molecule has 5 heterocycles. The van der Waals surface area contributed by atoms with Gasteiger partial charge in [0.2, 0.25) is 5.88 Å². The van der Waals surface area contributed by atoms with E-state index in [1.54, 1.807) is 18.4 Å². The molecule has 1 N–H and O–H groups in total. The van der Waals surface area contributed by atoms with Gasteiger partial charge in [0, 0.05) is 43.1 Å². The molecule has 3 aromatic heterocycles. The fourth-order valence-electron chi connectivity index (χ4n) is 5.93. The van der Waals surface area contributed by atoms with Crippen LogP contribution in [0.1, 0.15) is 41.0 Å². The minimum Gasteiger partial charge on any atom is -0.478 e. The third-order valence-corrected chi connectivity index (χ3v) is 8.72. The van der Waals surface area contributed by atoms with Crippen molar-refractivity contribution in [2.24, 2.45) is 5.92 Å². The zero-order chi connectivity index (χ0) is 28.6. The molecular formula is C32H31ClN4O5. The Hall–Kier alpha value is -4.08. The molecule has 0 amide bonds. The normalized spacial score (nSPS) is 17.5. The maximum Gasteiger partial charge on any atom is 0.335 e. The van der Waals surface area contributed by atoms with Crippen LogP contribution < -0.4 is 9.64 Å². The van der Waals surface area contributed by atoms with Crippen molar-refractivity contribution in [2.45, 2.75) is 44.9 Å². The second kappa shape index (κ2) is 11.3. The van der Waals surface area contributed by atoms with Crippen LogP contribution in [0.15, 0.2) is 65.3 Å². The number of piperidine rings is 1. The zero-order valence-electron chi connectivity index (χ0n) is 23.0. The summed E-state index contributed by atoms with van der Waals surface area (Å²) in [4.78, 5) is 23.6. The van der Waals surface area contributed by atoms with Crippen molar-refractivity contribution in [3.8, 4) is 5.88 Å². The van der Waals surface area contributed by atoms with Gasteiger partial charge in [0.25, 0.3) is 0 Å². The smallest absolute Gasteiger partial charge is 0.335 e. The topological polar surface area (TPSA) is 103 Å². The highest BCUT2D eigenvalue weighted by atomic mass is 35.5. The van der Waals surface area contributed by atoms with Crippen LogP contribution in [0.25, 0.3) is 22.0 Å². The number of nitrogens with zero attached hydrogens (tertiary/aromatic N) is 4. The first-order valence-corrected chi connectivity index (χ1v) is 14.7. The lowest BCUT2D eigenvalue weighted by molar-refractivity contribution is -0.0590. The highest BCUT2D eigenvalue weighted by Crippen LogP contribution is 2.30. The molecule has 0 radical (unpaired) electrons. The van der Waals surface area contributed by atoms with E-state index >= 15 is 0 Å².